The average Bonchev–Trinajstić information content (AvgIpc) is 3.47. The molecule has 0 aliphatic carbocycles. The van der Waals surface area contributed by atoms with Crippen molar-refractivity contribution in [3.05, 3.63) is 66.2 Å². The Morgan fingerprint density at radius 2 is 2.00 bits per heavy atom. The third-order valence-electron chi connectivity index (χ3n) is 4.36. The number of aliphatic carboxylic acids is 1. The number of thioether (sulfide) groups is 1. The van der Waals surface area contributed by atoms with Gasteiger partial charge in [0.2, 0.25) is 5.16 Å². The average molecular weight is 454 g/mol. The number of nitrogens with zero attached hydrogens (tertiary/aromatic N) is 2. The first-order valence-corrected chi connectivity index (χ1v) is 10.6. The lowest BCUT2D eigenvalue weighted by Gasteiger charge is -2.08. The van der Waals surface area contributed by atoms with Crippen LogP contribution in [0.3, 0.4) is 0 Å². The van der Waals surface area contributed by atoms with Crippen LogP contribution >= 0.6 is 11.8 Å². The number of carboxylic acid groups (broad SMARTS) is 1. The van der Waals surface area contributed by atoms with Crippen LogP contribution in [0.4, 0.5) is 5.69 Å². The number of hydrogen-bond donors (Lipinski definition) is 3. The van der Waals surface area contributed by atoms with E-state index in [1.807, 2.05) is 54.6 Å². The number of quaternary nitrogens is 1. The predicted molar refractivity (Wildman–Crippen MR) is 117 cm³/mol. The quantitative estimate of drug-likeness (QED) is 0.190. The molecule has 2 aromatic carbocycles. The summed E-state index contributed by atoms with van der Waals surface area (Å²) in [6.45, 7) is 0.424. The largest absolute Gasteiger partial charge is 0.489 e. The van der Waals surface area contributed by atoms with Gasteiger partial charge in [0.05, 0.1) is 12.9 Å². The molecule has 0 amide bonds. The van der Waals surface area contributed by atoms with Crippen LogP contribution in [0.15, 0.2) is 70.2 Å². The summed E-state index contributed by atoms with van der Waals surface area (Å²) in [7, 11) is 1.62. The molecule has 0 radical (unpaired) electrons. The maximum absolute atomic E-state index is 10.7. The van der Waals surface area contributed by atoms with Gasteiger partial charge in [0.1, 0.15) is 18.1 Å². The standard InChI is InChI=1S/C22H20N4O5S/c1-29-26-16-6-2-4-14(10-16)12-30-17-7-3-5-15(11-17)18-8-9-19(31-18)21-23-22(25-24-21)32-13-20(27)28/h2-11,26H,12-13H2,1H3,(H,27,28)(H,23,24,25)/p+1. The molecule has 10 heteroatoms. The lowest BCUT2D eigenvalue weighted by atomic mass is 10.1. The minimum Gasteiger partial charge on any atom is -0.489 e. The number of nitrogens with one attached hydrogen (secondary N) is 1. The fourth-order valence-electron chi connectivity index (χ4n) is 2.97. The predicted octanol–water partition coefficient (Wildman–Crippen LogP) is 3.24. The summed E-state index contributed by atoms with van der Waals surface area (Å²) >= 11 is 1.04. The Bertz CT molecular complexity index is 1210. The monoisotopic (exact) mass is 453 g/mol. The third kappa shape index (κ3) is 5.55. The normalized spacial score (nSPS) is 10.9. The van der Waals surface area contributed by atoms with Gasteiger partial charge in [-0.2, -0.15) is 10.5 Å². The van der Waals surface area contributed by atoms with Crippen molar-refractivity contribution in [2.24, 2.45) is 0 Å². The molecule has 0 fully saturated rings. The zero-order chi connectivity index (χ0) is 22.3. The van der Waals surface area contributed by atoms with Crippen LogP contribution in [0.5, 0.6) is 5.75 Å². The lowest BCUT2D eigenvalue weighted by Crippen LogP contribution is -2.75. The number of ether oxygens (including phenoxy) is 1. The van der Waals surface area contributed by atoms with E-state index in [4.69, 9.17) is 19.1 Å². The highest BCUT2D eigenvalue weighted by Crippen LogP contribution is 2.30. The number of aromatic nitrogens is 3. The first-order chi connectivity index (χ1) is 15.6. The highest BCUT2D eigenvalue weighted by Gasteiger charge is 2.13. The topological polar surface area (TPSA) is 127 Å². The van der Waals surface area contributed by atoms with Gasteiger partial charge in [-0.1, -0.05) is 36.0 Å². The third-order valence-corrected chi connectivity index (χ3v) is 5.19. The number of carboxylic acids is 1. The maximum atomic E-state index is 10.7. The Kier molecular flexibility index (Phi) is 6.85. The van der Waals surface area contributed by atoms with Gasteiger partial charge in [0.15, 0.2) is 17.3 Å². The molecule has 0 saturated heterocycles. The van der Waals surface area contributed by atoms with E-state index < -0.39 is 5.97 Å². The van der Waals surface area contributed by atoms with Gasteiger partial charge >= 0.3 is 5.97 Å². The molecule has 4 rings (SSSR count). The van der Waals surface area contributed by atoms with E-state index in [0.717, 1.165) is 28.6 Å². The summed E-state index contributed by atoms with van der Waals surface area (Å²) in [5.74, 6) is 1.27. The number of H-pyrrole nitrogens is 1. The highest BCUT2D eigenvalue weighted by atomic mass is 32.2. The Morgan fingerprint density at radius 1 is 1.16 bits per heavy atom. The number of aromatic amines is 1. The number of carbonyl (C=O) groups is 1. The summed E-state index contributed by atoms with van der Waals surface area (Å²) in [5, 5.41) is 15.9. The van der Waals surface area contributed by atoms with E-state index in [9.17, 15) is 4.79 Å². The van der Waals surface area contributed by atoms with Crippen molar-refractivity contribution >= 4 is 23.4 Å². The van der Waals surface area contributed by atoms with Crippen molar-refractivity contribution in [2.75, 3.05) is 12.9 Å². The fraction of sp³-hybridized carbons (Fsp3) is 0.136. The zero-order valence-corrected chi connectivity index (χ0v) is 18.0. The van der Waals surface area contributed by atoms with Crippen LogP contribution in [0, 0.1) is 0 Å². The van der Waals surface area contributed by atoms with Crippen LogP contribution in [-0.4, -0.2) is 39.1 Å². The summed E-state index contributed by atoms with van der Waals surface area (Å²) in [4.78, 5) is 20.0. The van der Waals surface area contributed by atoms with Gasteiger partial charge in [-0.25, -0.2) is 4.84 Å². The molecule has 164 valence electrons. The van der Waals surface area contributed by atoms with E-state index in [1.54, 1.807) is 18.7 Å². The second kappa shape index (κ2) is 10.1. The number of furan rings is 1. The van der Waals surface area contributed by atoms with E-state index in [0.29, 0.717) is 34.9 Å². The minimum absolute atomic E-state index is 0.109. The number of rotatable bonds is 10. The van der Waals surface area contributed by atoms with Crippen molar-refractivity contribution in [3.8, 4) is 28.7 Å². The van der Waals surface area contributed by atoms with Gasteiger partial charge < -0.3 is 14.3 Å². The molecule has 9 nitrogen and oxygen atoms in total. The molecule has 0 unspecified atom stereocenters. The minimum atomic E-state index is -0.926. The number of nitrogens with two attached hydrogens (primary N) is 1. The smallest absolute Gasteiger partial charge is 0.313 e. The van der Waals surface area contributed by atoms with Crippen LogP contribution in [0.25, 0.3) is 22.9 Å². The number of hydrogen-bond acceptors (Lipinski definition) is 7. The fourth-order valence-corrected chi connectivity index (χ4v) is 3.48. The van der Waals surface area contributed by atoms with Gasteiger partial charge in [0.25, 0.3) is 0 Å². The second-order valence-corrected chi connectivity index (χ2v) is 7.67. The molecule has 2 heterocycles. The van der Waals surface area contributed by atoms with Gasteiger partial charge in [-0.05, 0) is 29.8 Å². The van der Waals surface area contributed by atoms with Crippen LogP contribution in [0.2, 0.25) is 0 Å². The van der Waals surface area contributed by atoms with Crippen LogP contribution in [0.1, 0.15) is 5.56 Å². The molecule has 0 spiro atoms. The Labute approximate surface area is 187 Å². The number of benzene rings is 2. The SMILES string of the molecule is CO[NH2+]c1cccc(COc2cccc(-c3ccc(-c4nc(SCC(=O)O)n[nH]4)o3)c2)c1. The molecule has 32 heavy (non-hydrogen) atoms. The highest BCUT2D eigenvalue weighted by molar-refractivity contribution is 7.99. The molecular formula is C22H21N4O5S+. The van der Waals surface area contributed by atoms with E-state index >= 15 is 0 Å². The Hall–Kier alpha value is -3.60. The molecule has 0 aliphatic heterocycles. The van der Waals surface area contributed by atoms with Gasteiger partial charge in [-0.15, -0.1) is 5.10 Å². The molecule has 0 bridgehead atoms. The van der Waals surface area contributed by atoms with Crippen LogP contribution in [-0.2, 0) is 16.2 Å². The van der Waals surface area contributed by atoms with Crippen molar-refractivity contribution in [2.45, 2.75) is 11.8 Å². The molecule has 2 aromatic heterocycles. The van der Waals surface area contributed by atoms with Crippen molar-refractivity contribution in [1.29, 1.82) is 0 Å². The molecule has 4 N–H and O–H groups in total. The van der Waals surface area contributed by atoms with Crippen molar-refractivity contribution in [3.63, 3.8) is 0 Å². The molecule has 0 saturated carbocycles. The molecular weight excluding hydrogens is 432 g/mol. The molecule has 0 aliphatic rings. The van der Waals surface area contributed by atoms with E-state index in [1.165, 1.54) is 0 Å². The van der Waals surface area contributed by atoms with E-state index in [-0.39, 0.29) is 5.75 Å². The molecule has 0 atom stereocenters. The Morgan fingerprint density at radius 3 is 2.84 bits per heavy atom. The van der Waals surface area contributed by atoms with Crippen molar-refractivity contribution < 1.29 is 29.4 Å². The first-order valence-electron chi connectivity index (χ1n) is 9.66. The summed E-state index contributed by atoms with van der Waals surface area (Å²) < 4.78 is 11.9. The van der Waals surface area contributed by atoms with Gasteiger partial charge in [0, 0.05) is 17.7 Å². The zero-order valence-electron chi connectivity index (χ0n) is 17.1. The molecule has 4 aromatic rings. The second-order valence-electron chi connectivity index (χ2n) is 6.73. The first kappa shape index (κ1) is 21.6. The lowest BCUT2D eigenvalue weighted by molar-refractivity contribution is -0.830. The summed E-state index contributed by atoms with van der Waals surface area (Å²) in [6, 6.07) is 19.2. The summed E-state index contributed by atoms with van der Waals surface area (Å²) in [6.07, 6.45) is 0. The summed E-state index contributed by atoms with van der Waals surface area (Å²) in [5.41, 5.74) is 4.54. The van der Waals surface area contributed by atoms with Gasteiger partial charge in [-0.3, -0.25) is 9.89 Å². The Balaban J connectivity index is 1.43. The maximum Gasteiger partial charge on any atom is 0.313 e. The van der Waals surface area contributed by atoms with E-state index in [2.05, 4.69) is 15.2 Å². The van der Waals surface area contributed by atoms with Crippen molar-refractivity contribution in [1.82, 2.24) is 15.2 Å². The van der Waals surface area contributed by atoms with Crippen LogP contribution < -0.4 is 10.2 Å².